The van der Waals surface area contributed by atoms with Gasteiger partial charge in [-0.15, -0.1) is 0 Å². The molecular formula is C22H25P. The van der Waals surface area contributed by atoms with Crippen LogP contribution in [0.3, 0.4) is 0 Å². The largest absolute Gasteiger partial charge is 0.0654 e. The van der Waals surface area contributed by atoms with Gasteiger partial charge in [-0.05, 0) is 41.9 Å². The first-order chi connectivity index (χ1) is 11.4. The lowest BCUT2D eigenvalue weighted by molar-refractivity contribution is 0.705. The lowest BCUT2D eigenvalue weighted by Crippen LogP contribution is -2.15. The number of rotatable bonds is 7. The van der Waals surface area contributed by atoms with Gasteiger partial charge in [0, 0.05) is 0 Å². The molecule has 1 unspecified atom stereocenters. The molecule has 0 amide bonds. The van der Waals surface area contributed by atoms with Crippen molar-refractivity contribution in [1.29, 1.82) is 0 Å². The monoisotopic (exact) mass is 320 g/mol. The minimum atomic E-state index is -0.267. The highest BCUT2D eigenvalue weighted by atomic mass is 31.1. The van der Waals surface area contributed by atoms with Crippen molar-refractivity contribution in [3.8, 4) is 0 Å². The second kappa shape index (κ2) is 8.27. The molecule has 0 saturated carbocycles. The van der Waals surface area contributed by atoms with Crippen LogP contribution in [0.1, 0.15) is 32.6 Å². The molecular weight excluding hydrogens is 295 g/mol. The van der Waals surface area contributed by atoms with E-state index in [4.69, 9.17) is 0 Å². The predicted octanol–water partition coefficient (Wildman–Crippen LogP) is 5.85. The van der Waals surface area contributed by atoms with Gasteiger partial charge in [0.15, 0.2) is 0 Å². The fourth-order valence-electron chi connectivity index (χ4n) is 3.14. The molecule has 3 aromatic carbocycles. The zero-order chi connectivity index (χ0) is 15.9. The van der Waals surface area contributed by atoms with E-state index in [1.54, 1.807) is 5.30 Å². The second-order valence-corrected chi connectivity index (χ2v) is 8.35. The van der Waals surface area contributed by atoms with E-state index in [1.165, 1.54) is 47.9 Å². The van der Waals surface area contributed by atoms with Crippen LogP contribution in [0, 0.1) is 0 Å². The molecule has 0 aliphatic heterocycles. The lowest BCUT2D eigenvalue weighted by atomic mass is 10.1. The Morgan fingerprint density at radius 1 is 0.696 bits per heavy atom. The molecule has 23 heavy (non-hydrogen) atoms. The van der Waals surface area contributed by atoms with Gasteiger partial charge < -0.3 is 0 Å². The third-order valence-corrected chi connectivity index (χ3v) is 7.02. The van der Waals surface area contributed by atoms with Crippen molar-refractivity contribution in [3.05, 3.63) is 72.8 Å². The zero-order valence-corrected chi connectivity index (χ0v) is 14.8. The average Bonchev–Trinajstić information content (AvgIpc) is 2.62. The standard InChI is InChI=1S/C22H25P/c1-2-3-4-10-18-23(20-14-6-5-7-15-20)22-17-11-13-19-12-8-9-16-21(19)22/h5-9,11-17H,2-4,10,18H2,1H3. The van der Waals surface area contributed by atoms with Crippen LogP contribution in [-0.4, -0.2) is 6.16 Å². The molecule has 3 aromatic rings. The molecule has 0 heterocycles. The van der Waals surface area contributed by atoms with Crippen LogP contribution in [0.4, 0.5) is 0 Å². The summed E-state index contributed by atoms with van der Waals surface area (Å²) in [7, 11) is -0.267. The van der Waals surface area contributed by atoms with Crippen molar-refractivity contribution in [2.45, 2.75) is 32.6 Å². The first-order valence-corrected chi connectivity index (χ1v) is 10.2. The van der Waals surface area contributed by atoms with E-state index in [0.717, 1.165) is 0 Å². The first kappa shape index (κ1) is 16.2. The second-order valence-electron chi connectivity index (χ2n) is 6.05. The molecule has 0 spiro atoms. The van der Waals surface area contributed by atoms with Crippen LogP contribution in [0.25, 0.3) is 10.8 Å². The molecule has 0 N–H and O–H groups in total. The van der Waals surface area contributed by atoms with Crippen molar-refractivity contribution in [2.24, 2.45) is 0 Å². The number of benzene rings is 3. The van der Waals surface area contributed by atoms with E-state index in [-0.39, 0.29) is 7.92 Å². The molecule has 0 aliphatic carbocycles. The van der Waals surface area contributed by atoms with Gasteiger partial charge in [0.25, 0.3) is 0 Å². The van der Waals surface area contributed by atoms with Gasteiger partial charge in [0.1, 0.15) is 0 Å². The Bertz CT molecular complexity index is 728. The number of hydrogen-bond donors (Lipinski definition) is 0. The van der Waals surface area contributed by atoms with Gasteiger partial charge >= 0.3 is 0 Å². The SMILES string of the molecule is CCCCCCP(c1ccccc1)c1cccc2ccccc12. The van der Waals surface area contributed by atoms with E-state index in [9.17, 15) is 0 Å². The van der Waals surface area contributed by atoms with Crippen LogP contribution < -0.4 is 10.6 Å². The first-order valence-electron chi connectivity index (χ1n) is 8.70. The molecule has 0 bridgehead atoms. The van der Waals surface area contributed by atoms with Crippen molar-refractivity contribution in [2.75, 3.05) is 6.16 Å². The summed E-state index contributed by atoms with van der Waals surface area (Å²) in [5.41, 5.74) is 0. The van der Waals surface area contributed by atoms with Crippen molar-refractivity contribution in [3.63, 3.8) is 0 Å². The Hall–Kier alpha value is -1.65. The fraction of sp³-hybridized carbons (Fsp3) is 0.273. The lowest BCUT2D eigenvalue weighted by Gasteiger charge is -2.20. The molecule has 118 valence electrons. The predicted molar refractivity (Wildman–Crippen MR) is 106 cm³/mol. The number of unbranched alkanes of at least 4 members (excludes halogenated alkanes) is 3. The van der Waals surface area contributed by atoms with E-state index in [0.29, 0.717) is 0 Å². The summed E-state index contributed by atoms with van der Waals surface area (Å²) in [6, 6.07) is 26.7. The van der Waals surface area contributed by atoms with Crippen molar-refractivity contribution >= 4 is 29.3 Å². The van der Waals surface area contributed by atoms with Crippen LogP contribution in [-0.2, 0) is 0 Å². The van der Waals surface area contributed by atoms with Gasteiger partial charge in [-0.3, -0.25) is 0 Å². The smallest absolute Gasteiger partial charge is 0.0104 e. The maximum atomic E-state index is 2.35. The summed E-state index contributed by atoms with van der Waals surface area (Å²) in [5, 5.41) is 5.85. The summed E-state index contributed by atoms with van der Waals surface area (Å²) >= 11 is 0. The fourth-order valence-corrected chi connectivity index (χ4v) is 5.75. The zero-order valence-electron chi connectivity index (χ0n) is 13.9. The molecule has 0 radical (unpaired) electrons. The van der Waals surface area contributed by atoms with E-state index in [1.807, 2.05) is 0 Å². The Morgan fingerprint density at radius 3 is 2.26 bits per heavy atom. The molecule has 0 aromatic heterocycles. The third-order valence-electron chi connectivity index (χ3n) is 4.36. The van der Waals surface area contributed by atoms with E-state index < -0.39 is 0 Å². The topological polar surface area (TPSA) is 0 Å². The van der Waals surface area contributed by atoms with Gasteiger partial charge in [-0.2, -0.15) is 0 Å². The molecule has 0 fully saturated rings. The van der Waals surface area contributed by atoms with Crippen LogP contribution in [0.15, 0.2) is 72.8 Å². The van der Waals surface area contributed by atoms with Crippen LogP contribution in [0.5, 0.6) is 0 Å². The molecule has 0 saturated heterocycles. The van der Waals surface area contributed by atoms with Gasteiger partial charge in [-0.25, -0.2) is 0 Å². The van der Waals surface area contributed by atoms with Crippen LogP contribution in [0.2, 0.25) is 0 Å². The van der Waals surface area contributed by atoms with Crippen molar-refractivity contribution in [1.82, 2.24) is 0 Å². The highest BCUT2D eigenvalue weighted by molar-refractivity contribution is 7.73. The normalized spacial score (nSPS) is 12.4. The molecule has 1 heteroatoms. The van der Waals surface area contributed by atoms with Gasteiger partial charge in [0.2, 0.25) is 0 Å². The summed E-state index contributed by atoms with van der Waals surface area (Å²) in [6.45, 7) is 2.28. The quantitative estimate of drug-likeness (QED) is 0.378. The van der Waals surface area contributed by atoms with Crippen LogP contribution >= 0.6 is 7.92 Å². The Kier molecular flexibility index (Phi) is 5.83. The third kappa shape index (κ3) is 4.01. The maximum absolute atomic E-state index is 2.35. The number of fused-ring (bicyclic) bond motifs is 1. The van der Waals surface area contributed by atoms with E-state index in [2.05, 4.69) is 79.7 Å². The summed E-state index contributed by atoms with van der Waals surface area (Å²) in [5.74, 6) is 0. The van der Waals surface area contributed by atoms with Gasteiger partial charge in [-0.1, -0.05) is 99.0 Å². The minimum absolute atomic E-state index is 0.267. The molecule has 0 aliphatic rings. The Morgan fingerprint density at radius 2 is 1.43 bits per heavy atom. The Balaban J connectivity index is 1.96. The summed E-state index contributed by atoms with van der Waals surface area (Å²) < 4.78 is 0. The van der Waals surface area contributed by atoms with E-state index >= 15 is 0 Å². The van der Waals surface area contributed by atoms with Gasteiger partial charge in [0.05, 0.1) is 0 Å². The molecule has 1 atom stereocenters. The summed E-state index contributed by atoms with van der Waals surface area (Å²) in [4.78, 5) is 0. The molecule has 3 rings (SSSR count). The molecule has 0 nitrogen and oxygen atoms in total. The Labute approximate surface area is 141 Å². The number of hydrogen-bond acceptors (Lipinski definition) is 0. The maximum Gasteiger partial charge on any atom is -0.0104 e. The highest BCUT2D eigenvalue weighted by Gasteiger charge is 2.15. The minimum Gasteiger partial charge on any atom is -0.0654 e. The summed E-state index contributed by atoms with van der Waals surface area (Å²) in [6.07, 6.45) is 6.64. The van der Waals surface area contributed by atoms with Crippen molar-refractivity contribution < 1.29 is 0 Å². The highest BCUT2D eigenvalue weighted by Crippen LogP contribution is 2.37. The average molecular weight is 320 g/mol.